The van der Waals surface area contributed by atoms with E-state index in [0.717, 1.165) is 11.0 Å². The maximum atomic E-state index is 11.0. The molecule has 76 valence electrons. The summed E-state index contributed by atoms with van der Waals surface area (Å²) in [6.07, 6.45) is 1.50. The molecule has 0 amide bonds. The van der Waals surface area contributed by atoms with Gasteiger partial charge in [0, 0.05) is 10.4 Å². The van der Waals surface area contributed by atoms with Crippen LogP contribution in [-0.4, -0.2) is 15.5 Å². The molecule has 3 nitrogen and oxygen atoms in total. The van der Waals surface area contributed by atoms with Gasteiger partial charge in [0.25, 0.3) is 0 Å². The fourth-order valence-corrected chi connectivity index (χ4v) is 1.41. The Bertz CT molecular complexity index is 423. The third kappa shape index (κ3) is 3.49. The van der Waals surface area contributed by atoms with Gasteiger partial charge in [0.1, 0.15) is 0 Å². The Morgan fingerprint density at radius 1 is 1.29 bits per heavy atom. The largest absolute Gasteiger partial charge is 0.233 e. The molecule has 1 aromatic carbocycles. The van der Waals surface area contributed by atoms with Crippen LogP contribution in [0.5, 0.6) is 0 Å². The van der Waals surface area contributed by atoms with E-state index in [-0.39, 0.29) is 0 Å². The normalized spacial score (nSPS) is 12.1. The minimum Gasteiger partial charge on any atom is -0.215 e. The summed E-state index contributed by atoms with van der Waals surface area (Å²) in [6.45, 7) is 0. The van der Waals surface area contributed by atoms with Crippen molar-refractivity contribution in [2.75, 3.05) is 7.05 Å². The molecule has 0 atom stereocenters. The van der Waals surface area contributed by atoms with E-state index >= 15 is 0 Å². The van der Waals surface area contributed by atoms with Crippen LogP contribution in [0.15, 0.2) is 29.7 Å². The van der Waals surface area contributed by atoms with Crippen LogP contribution < -0.4 is 4.72 Å². The van der Waals surface area contributed by atoms with Crippen LogP contribution in [0.3, 0.4) is 0 Å². The first-order valence-corrected chi connectivity index (χ1v) is 5.83. The summed E-state index contributed by atoms with van der Waals surface area (Å²) in [7, 11) is -1.93. The van der Waals surface area contributed by atoms with Crippen molar-refractivity contribution in [3.05, 3.63) is 40.3 Å². The molecular weight excluding hydrogens is 222 g/mol. The van der Waals surface area contributed by atoms with Gasteiger partial charge in [-0.3, -0.25) is 0 Å². The van der Waals surface area contributed by atoms with Gasteiger partial charge in [0.2, 0.25) is 10.0 Å². The topological polar surface area (TPSA) is 46.2 Å². The molecule has 0 aliphatic carbocycles. The van der Waals surface area contributed by atoms with E-state index in [9.17, 15) is 8.42 Å². The van der Waals surface area contributed by atoms with Gasteiger partial charge < -0.3 is 0 Å². The van der Waals surface area contributed by atoms with Crippen molar-refractivity contribution in [2.24, 2.45) is 0 Å². The van der Waals surface area contributed by atoms with Crippen LogP contribution in [0.4, 0.5) is 0 Å². The molecule has 0 radical (unpaired) electrons. The summed E-state index contributed by atoms with van der Waals surface area (Å²) < 4.78 is 24.2. The molecule has 0 unspecified atom stereocenters. The van der Waals surface area contributed by atoms with E-state index < -0.39 is 10.0 Å². The average molecular weight is 232 g/mol. The van der Waals surface area contributed by atoms with Crippen molar-refractivity contribution in [1.29, 1.82) is 0 Å². The second-order valence-corrected chi connectivity index (χ2v) is 4.81. The first kappa shape index (κ1) is 11.2. The Labute approximate surface area is 88.5 Å². The summed E-state index contributed by atoms with van der Waals surface area (Å²) >= 11 is 5.67. The van der Waals surface area contributed by atoms with Gasteiger partial charge in [-0.15, -0.1) is 0 Å². The molecule has 0 spiro atoms. The van der Waals surface area contributed by atoms with E-state index in [1.807, 2.05) is 0 Å². The zero-order valence-electron chi connectivity index (χ0n) is 7.57. The quantitative estimate of drug-likeness (QED) is 0.863. The van der Waals surface area contributed by atoms with Gasteiger partial charge in [0.15, 0.2) is 0 Å². The molecule has 0 saturated carbocycles. The van der Waals surface area contributed by atoms with E-state index in [2.05, 4.69) is 4.72 Å². The van der Waals surface area contributed by atoms with Crippen molar-refractivity contribution in [1.82, 2.24) is 4.72 Å². The monoisotopic (exact) mass is 231 g/mol. The molecule has 0 saturated heterocycles. The molecule has 0 aliphatic rings. The first-order chi connectivity index (χ1) is 6.53. The summed E-state index contributed by atoms with van der Waals surface area (Å²) in [6, 6.07) is 6.88. The number of rotatable bonds is 3. The van der Waals surface area contributed by atoms with Crippen molar-refractivity contribution in [3.8, 4) is 0 Å². The fourth-order valence-electron chi connectivity index (χ4n) is 0.810. The van der Waals surface area contributed by atoms with E-state index in [1.54, 1.807) is 24.3 Å². The van der Waals surface area contributed by atoms with Crippen molar-refractivity contribution in [3.63, 3.8) is 0 Å². The molecule has 0 fully saturated rings. The molecule has 14 heavy (non-hydrogen) atoms. The fraction of sp³-hybridized carbons (Fsp3) is 0.111. The highest BCUT2D eigenvalue weighted by molar-refractivity contribution is 7.92. The van der Waals surface area contributed by atoms with Crippen molar-refractivity contribution >= 4 is 27.7 Å². The Morgan fingerprint density at radius 2 is 1.86 bits per heavy atom. The summed E-state index contributed by atoms with van der Waals surface area (Å²) in [5, 5.41) is 1.73. The summed E-state index contributed by atoms with van der Waals surface area (Å²) in [5.41, 5.74) is 0.785. The minimum absolute atomic E-state index is 0.624. The van der Waals surface area contributed by atoms with Crippen LogP contribution in [0, 0.1) is 0 Å². The molecule has 1 aromatic rings. The third-order valence-corrected chi connectivity index (χ3v) is 2.91. The van der Waals surface area contributed by atoms with Crippen molar-refractivity contribution in [2.45, 2.75) is 0 Å². The second kappa shape index (κ2) is 4.59. The van der Waals surface area contributed by atoms with Gasteiger partial charge in [0.05, 0.1) is 0 Å². The van der Waals surface area contributed by atoms with Gasteiger partial charge in [-0.2, -0.15) is 0 Å². The smallest absolute Gasteiger partial charge is 0.215 e. The number of nitrogens with one attached hydrogen (secondary N) is 1. The van der Waals surface area contributed by atoms with E-state index in [4.69, 9.17) is 11.6 Å². The maximum absolute atomic E-state index is 11.0. The molecule has 0 bridgehead atoms. The summed E-state index contributed by atoms with van der Waals surface area (Å²) in [4.78, 5) is 0. The lowest BCUT2D eigenvalue weighted by Crippen LogP contribution is -2.14. The Morgan fingerprint density at radius 3 is 2.36 bits per heavy atom. The zero-order valence-corrected chi connectivity index (χ0v) is 9.14. The Kier molecular flexibility index (Phi) is 3.69. The zero-order chi connectivity index (χ0) is 10.6. The van der Waals surface area contributed by atoms with Crippen LogP contribution >= 0.6 is 11.6 Å². The molecule has 0 aromatic heterocycles. The predicted octanol–water partition coefficient (Wildman–Crippen LogP) is 1.86. The SMILES string of the molecule is CNS(=O)(=O)/C=C/c1ccc(Cl)cc1. The number of hydrogen-bond acceptors (Lipinski definition) is 2. The van der Waals surface area contributed by atoms with E-state index in [0.29, 0.717) is 5.02 Å². The molecule has 1 rings (SSSR count). The molecule has 5 heteroatoms. The van der Waals surface area contributed by atoms with Gasteiger partial charge in [-0.05, 0) is 30.8 Å². The van der Waals surface area contributed by atoms with Crippen LogP contribution in [0.25, 0.3) is 6.08 Å². The molecule has 0 heterocycles. The highest BCUT2D eigenvalue weighted by Gasteiger charge is 1.98. The molecule has 0 aliphatic heterocycles. The standard InChI is InChI=1S/C9H10ClNO2S/c1-11-14(12,13)7-6-8-2-4-9(10)5-3-8/h2-7,11H,1H3/b7-6+. The van der Waals surface area contributed by atoms with Crippen molar-refractivity contribution < 1.29 is 8.42 Å². The van der Waals surface area contributed by atoms with Gasteiger partial charge in [-0.1, -0.05) is 23.7 Å². The second-order valence-electron chi connectivity index (χ2n) is 2.60. The van der Waals surface area contributed by atoms with Gasteiger partial charge >= 0.3 is 0 Å². The summed E-state index contributed by atoms with van der Waals surface area (Å²) in [5.74, 6) is 0. The minimum atomic E-state index is -3.29. The molecular formula is C9H10ClNO2S. The number of hydrogen-bond donors (Lipinski definition) is 1. The van der Waals surface area contributed by atoms with E-state index in [1.165, 1.54) is 13.1 Å². The Hall–Kier alpha value is -0.840. The number of sulfonamides is 1. The number of halogens is 1. The lowest BCUT2D eigenvalue weighted by molar-refractivity contribution is 0.597. The lowest BCUT2D eigenvalue weighted by atomic mass is 10.2. The highest BCUT2D eigenvalue weighted by Crippen LogP contribution is 2.10. The molecule has 1 N–H and O–H groups in total. The predicted molar refractivity (Wildman–Crippen MR) is 58.5 cm³/mol. The van der Waals surface area contributed by atoms with Gasteiger partial charge in [-0.25, -0.2) is 13.1 Å². The lowest BCUT2D eigenvalue weighted by Gasteiger charge is -1.95. The Balaban J connectivity index is 2.84. The highest BCUT2D eigenvalue weighted by atomic mass is 35.5. The first-order valence-electron chi connectivity index (χ1n) is 3.91. The third-order valence-electron chi connectivity index (χ3n) is 1.59. The average Bonchev–Trinajstić information content (AvgIpc) is 2.17. The van der Waals surface area contributed by atoms with Crippen LogP contribution in [0.1, 0.15) is 5.56 Å². The van der Waals surface area contributed by atoms with Crippen LogP contribution in [-0.2, 0) is 10.0 Å². The van der Waals surface area contributed by atoms with Crippen LogP contribution in [0.2, 0.25) is 5.02 Å². The maximum Gasteiger partial charge on any atom is 0.233 e. The number of benzene rings is 1.